The second kappa shape index (κ2) is 8.19. The lowest BCUT2D eigenvalue weighted by molar-refractivity contribution is -0.135. The van der Waals surface area contributed by atoms with Crippen LogP contribution >= 0.6 is 11.6 Å². The topological polar surface area (TPSA) is 77.8 Å². The Bertz CT molecular complexity index is 1030. The smallest absolute Gasteiger partial charge is 0.410 e. The highest BCUT2D eigenvalue weighted by Crippen LogP contribution is 2.42. The average molecular weight is 449 g/mol. The minimum Gasteiger partial charge on any atom is -0.463 e. The molecule has 8 heteroatoms. The number of esters is 1. The number of methoxy groups -OCH3 is 1. The molecular formula is C23H29ClN2O5. The van der Waals surface area contributed by atoms with Gasteiger partial charge in [0.05, 0.1) is 12.7 Å². The number of carbonyl (C=O) groups is 3. The van der Waals surface area contributed by atoms with Crippen LogP contribution in [0, 0.1) is 5.41 Å². The summed E-state index contributed by atoms with van der Waals surface area (Å²) in [6, 6.07) is 5.29. The summed E-state index contributed by atoms with van der Waals surface area (Å²) in [5, 5.41) is 1.08. The van der Waals surface area contributed by atoms with Crippen molar-refractivity contribution in [3.63, 3.8) is 0 Å². The molecule has 7 nitrogen and oxygen atoms in total. The molecule has 31 heavy (non-hydrogen) atoms. The molecule has 1 aromatic carbocycles. The molecule has 0 N–H and O–H groups in total. The minimum atomic E-state index is -0.918. The number of carbonyl (C=O) groups excluding carboxylic acids is 3. The van der Waals surface area contributed by atoms with Crippen LogP contribution in [-0.2, 0) is 14.3 Å². The third-order valence-electron chi connectivity index (χ3n) is 5.57. The van der Waals surface area contributed by atoms with Crippen LogP contribution in [0.2, 0.25) is 5.02 Å². The normalized spacial score (nSPS) is 18.7. The number of Topliss-reactive ketones (excluding diaryl/α,β-unsaturated/α-hetero) is 1. The Balaban J connectivity index is 1.98. The summed E-state index contributed by atoms with van der Waals surface area (Å²) in [6.07, 6.45) is 2.05. The van der Waals surface area contributed by atoms with Crippen molar-refractivity contribution in [3.8, 4) is 0 Å². The van der Waals surface area contributed by atoms with E-state index >= 15 is 0 Å². The molecule has 1 atom stereocenters. The van der Waals surface area contributed by atoms with E-state index in [4.69, 9.17) is 16.3 Å². The van der Waals surface area contributed by atoms with Gasteiger partial charge in [-0.25, -0.2) is 9.59 Å². The Morgan fingerprint density at radius 1 is 1.19 bits per heavy atom. The Kier molecular flexibility index (Phi) is 6.11. The van der Waals surface area contributed by atoms with Crippen molar-refractivity contribution in [1.29, 1.82) is 0 Å². The summed E-state index contributed by atoms with van der Waals surface area (Å²) in [4.78, 5) is 38.9. The molecule has 1 amide bonds. The first kappa shape index (κ1) is 23.1. The van der Waals surface area contributed by atoms with Gasteiger partial charge in [0.15, 0.2) is 0 Å². The largest absolute Gasteiger partial charge is 0.463 e. The van der Waals surface area contributed by atoms with E-state index in [1.165, 1.54) is 7.11 Å². The van der Waals surface area contributed by atoms with Crippen LogP contribution in [0.5, 0.6) is 0 Å². The van der Waals surface area contributed by atoms with E-state index in [1.54, 1.807) is 23.2 Å². The Hall–Kier alpha value is -2.54. The lowest BCUT2D eigenvalue weighted by Gasteiger charge is -2.45. The fourth-order valence-corrected chi connectivity index (χ4v) is 4.38. The Morgan fingerprint density at radius 2 is 1.87 bits per heavy atom. The molecule has 1 unspecified atom stereocenters. The van der Waals surface area contributed by atoms with Crippen LogP contribution < -0.4 is 0 Å². The first-order valence-electron chi connectivity index (χ1n) is 10.2. The quantitative estimate of drug-likeness (QED) is 0.380. The molecule has 1 saturated heterocycles. The zero-order chi connectivity index (χ0) is 23.1. The van der Waals surface area contributed by atoms with E-state index in [9.17, 15) is 14.4 Å². The van der Waals surface area contributed by atoms with Gasteiger partial charge in [-0.05, 0) is 45.4 Å². The number of amides is 1. The molecule has 168 valence electrons. The molecule has 2 heterocycles. The summed E-state index contributed by atoms with van der Waals surface area (Å²) in [6.45, 7) is 10.7. The van der Waals surface area contributed by atoms with Gasteiger partial charge >= 0.3 is 12.1 Å². The molecule has 1 aliphatic rings. The van der Waals surface area contributed by atoms with Gasteiger partial charge < -0.3 is 18.9 Å². The van der Waals surface area contributed by atoms with Gasteiger partial charge in [0.25, 0.3) is 5.78 Å². The van der Waals surface area contributed by atoms with E-state index < -0.39 is 17.4 Å². The number of hydrogen-bond donors (Lipinski definition) is 0. The second-order valence-electron chi connectivity index (χ2n) is 9.63. The number of hydrogen-bond acceptors (Lipinski definition) is 5. The van der Waals surface area contributed by atoms with Gasteiger partial charge in [-0.1, -0.05) is 25.4 Å². The molecule has 0 spiro atoms. The fourth-order valence-electron chi connectivity index (χ4n) is 4.21. The van der Waals surface area contributed by atoms with E-state index in [2.05, 4.69) is 18.6 Å². The van der Waals surface area contributed by atoms with Crippen molar-refractivity contribution in [2.45, 2.75) is 52.7 Å². The van der Waals surface area contributed by atoms with Crippen molar-refractivity contribution < 1.29 is 23.9 Å². The van der Waals surface area contributed by atoms with Crippen LogP contribution in [-0.4, -0.2) is 53.1 Å². The molecule has 0 bridgehead atoms. The number of benzene rings is 1. The maximum Gasteiger partial charge on any atom is 0.410 e. The maximum atomic E-state index is 12.6. The second-order valence-corrected chi connectivity index (χ2v) is 10.1. The average Bonchev–Trinajstić information content (AvgIpc) is 3.02. The van der Waals surface area contributed by atoms with Gasteiger partial charge in [-0.2, -0.15) is 0 Å². The van der Waals surface area contributed by atoms with Crippen LogP contribution in [0.4, 0.5) is 4.79 Å². The third kappa shape index (κ3) is 4.71. The van der Waals surface area contributed by atoms with E-state index in [0.29, 0.717) is 29.9 Å². The number of likely N-dealkylation sites (tertiary alicyclic amines) is 1. The third-order valence-corrected chi connectivity index (χ3v) is 5.81. The number of aromatic nitrogens is 1. The van der Waals surface area contributed by atoms with Crippen LogP contribution in [0.15, 0.2) is 24.4 Å². The molecule has 2 aromatic rings. The van der Waals surface area contributed by atoms with Crippen molar-refractivity contribution in [2.75, 3.05) is 20.2 Å². The summed E-state index contributed by atoms with van der Waals surface area (Å²) < 4.78 is 12.2. The predicted octanol–water partition coefficient (Wildman–Crippen LogP) is 4.86. The van der Waals surface area contributed by atoms with Crippen molar-refractivity contribution >= 4 is 40.3 Å². The highest BCUT2D eigenvalue weighted by molar-refractivity contribution is 6.43. The maximum absolute atomic E-state index is 12.6. The number of piperidine rings is 1. The molecule has 3 rings (SSSR count). The molecule has 1 fully saturated rings. The zero-order valence-electron chi connectivity index (χ0n) is 18.8. The molecular weight excluding hydrogens is 420 g/mol. The standard InChI is InChI=1S/C23H29ClN2O5/c1-22(2,3)31-21(29)25-10-9-18(23(4,5)13-25)26-12-16(19(27)20(28)30-6)15-11-14(24)7-8-17(15)26/h7-8,11-12,18H,9-10,13H2,1-6H3. The fraction of sp³-hybridized carbons (Fsp3) is 0.522. The monoisotopic (exact) mass is 448 g/mol. The van der Waals surface area contributed by atoms with Gasteiger partial charge in [-0.3, -0.25) is 4.79 Å². The van der Waals surface area contributed by atoms with Crippen molar-refractivity contribution in [2.24, 2.45) is 5.41 Å². The number of ketones is 1. The number of rotatable bonds is 3. The summed E-state index contributed by atoms with van der Waals surface area (Å²) in [7, 11) is 1.18. The predicted molar refractivity (Wildman–Crippen MR) is 119 cm³/mol. The van der Waals surface area contributed by atoms with Gasteiger partial charge in [0.1, 0.15) is 5.60 Å². The summed E-state index contributed by atoms with van der Waals surface area (Å²) in [5.41, 5.74) is 0.193. The first-order valence-corrected chi connectivity index (χ1v) is 10.6. The molecule has 0 aliphatic carbocycles. The van der Waals surface area contributed by atoms with Crippen molar-refractivity contribution in [1.82, 2.24) is 9.47 Å². The summed E-state index contributed by atoms with van der Waals surface area (Å²) >= 11 is 6.17. The van der Waals surface area contributed by atoms with Gasteiger partial charge in [0, 0.05) is 46.7 Å². The van der Waals surface area contributed by atoms with Gasteiger partial charge in [0.2, 0.25) is 0 Å². The minimum absolute atomic E-state index is 0.00550. The van der Waals surface area contributed by atoms with Crippen LogP contribution in [0.25, 0.3) is 10.9 Å². The molecule has 1 aliphatic heterocycles. The summed E-state index contributed by atoms with van der Waals surface area (Å²) in [5.74, 6) is -1.63. The first-order chi connectivity index (χ1) is 14.3. The molecule has 0 radical (unpaired) electrons. The zero-order valence-corrected chi connectivity index (χ0v) is 19.6. The van der Waals surface area contributed by atoms with Gasteiger partial charge in [-0.15, -0.1) is 0 Å². The molecule has 0 saturated carbocycles. The van der Waals surface area contributed by atoms with E-state index in [1.807, 2.05) is 31.4 Å². The lowest BCUT2D eigenvalue weighted by atomic mass is 9.79. The number of nitrogens with zero attached hydrogens (tertiary/aromatic N) is 2. The van der Waals surface area contributed by atoms with E-state index in [0.717, 1.165) is 5.52 Å². The lowest BCUT2D eigenvalue weighted by Crippen LogP contribution is -2.50. The molecule has 1 aromatic heterocycles. The van der Waals surface area contributed by atoms with E-state index in [-0.39, 0.29) is 23.1 Å². The highest BCUT2D eigenvalue weighted by atomic mass is 35.5. The number of halogens is 1. The Morgan fingerprint density at radius 3 is 2.45 bits per heavy atom. The SMILES string of the molecule is COC(=O)C(=O)c1cn(C2CCN(C(=O)OC(C)(C)C)CC2(C)C)c2ccc(Cl)cc12. The van der Waals surface area contributed by atoms with Crippen LogP contribution in [0.1, 0.15) is 57.4 Å². The highest BCUT2D eigenvalue weighted by Gasteiger charge is 2.40. The van der Waals surface area contributed by atoms with Crippen LogP contribution in [0.3, 0.4) is 0 Å². The Labute approximate surface area is 187 Å². The number of fused-ring (bicyclic) bond motifs is 1. The number of ether oxygens (including phenoxy) is 2. The van der Waals surface area contributed by atoms with Crippen molar-refractivity contribution in [3.05, 3.63) is 35.0 Å².